The second-order valence-electron chi connectivity index (χ2n) is 22.7. The average Bonchev–Trinajstić information content (AvgIpc) is 0.703. The summed E-state index contributed by atoms with van der Waals surface area (Å²) in [5.74, 6) is 0. The fourth-order valence-corrected chi connectivity index (χ4v) is 14.5. The molecule has 0 saturated carbocycles. The number of fused-ring (bicyclic) bond motifs is 8. The Morgan fingerprint density at radius 2 is 0.593 bits per heavy atom. The van der Waals surface area contributed by atoms with Gasteiger partial charge in [0.2, 0.25) is 0 Å². The minimum absolute atomic E-state index is 0.123. The predicted octanol–water partition coefficient (Wildman–Crippen LogP) is 16.7. The van der Waals surface area contributed by atoms with Gasteiger partial charge < -0.3 is 29.4 Å². The van der Waals surface area contributed by atoms with Gasteiger partial charge in [0, 0.05) is 91.0 Å². The molecule has 12 aromatic rings. The topological polar surface area (TPSA) is 19.4 Å². The highest BCUT2D eigenvalue weighted by atomic mass is 15.2. The van der Waals surface area contributed by atoms with Gasteiger partial charge in [0.15, 0.2) is 0 Å². The molecule has 8 heteroatoms. The van der Waals surface area contributed by atoms with Crippen LogP contribution in [-0.4, -0.2) is 13.4 Å². The molecule has 0 atom stereocenters. The van der Waals surface area contributed by atoms with Crippen LogP contribution in [0, 0.1) is 0 Å². The quantitative estimate of drug-likeness (QED) is 0.126. The summed E-state index contributed by atoms with van der Waals surface area (Å²) in [6.07, 6.45) is 8.77. The Morgan fingerprint density at radius 1 is 0.267 bits per heavy atom. The third kappa shape index (κ3) is 7.90. The van der Waals surface area contributed by atoms with Crippen LogP contribution < -0.4 is 62.2 Å². The Balaban J connectivity index is 0.992. The lowest BCUT2D eigenvalue weighted by Crippen LogP contribution is -2.65. The Hall–Kier alpha value is -11.0. The normalized spacial score (nSPS) is 13.8. The molecule has 17 rings (SSSR count). The lowest BCUT2D eigenvalue weighted by molar-refractivity contribution is 0.918. The molecule has 12 aromatic carbocycles. The molecule has 0 radical (unpaired) electrons. The highest BCUT2D eigenvalue weighted by Gasteiger charge is 2.49. The molecular formula is C78H56B2N6. The first kappa shape index (κ1) is 49.6. The Bertz CT molecular complexity index is 4540. The summed E-state index contributed by atoms with van der Waals surface area (Å²) in [5.41, 5.74) is 28.1. The fourth-order valence-electron chi connectivity index (χ4n) is 14.5. The lowest BCUT2D eigenvalue weighted by Gasteiger charge is -2.48. The second-order valence-corrected chi connectivity index (χ2v) is 22.7. The highest BCUT2D eigenvalue weighted by molar-refractivity contribution is 7.03. The molecule has 0 saturated heterocycles. The number of anilines is 17. The predicted molar refractivity (Wildman–Crippen MR) is 364 cm³/mol. The van der Waals surface area contributed by atoms with Crippen LogP contribution in [0.25, 0.3) is 0 Å². The maximum atomic E-state index is 2.66. The fraction of sp³-hybridized carbons (Fsp3) is 0.0256. The monoisotopic (exact) mass is 1100 g/mol. The largest absolute Gasteiger partial charge is 0.315 e. The molecule has 1 aliphatic carbocycles. The van der Waals surface area contributed by atoms with Crippen molar-refractivity contribution in [2.24, 2.45) is 0 Å². The molecular weight excluding hydrogens is 1040 g/mol. The zero-order chi connectivity index (χ0) is 56.7. The van der Waals surface area contributed by atoms with E-state index in [1.165, 1.54) is 66.9 Å². The molecule has 0 fully saturated rings. The van der Waals surface area contributed by atoms with Crippen LogP contribution in [0.1, 0.15) is 12.8 Å². The van der Waals surface area contributed by atoms with E-state index in [1.807, 2.05) is 0 Å². The van der Waals surface area contributed by atoms with E-state index in [2.05, 4.69) is 345 Å². The van der Waals surface area contributed by atoms with E-state index in [-0.39, 0.29) is 13.4 Å². The van der Waals surface area contributed by atoms with Gasteiger partial charge in [-0.05, 0) is 179 Å². The van der Waals surface area contributed by atoms with E-state index >= 15 is 0 Å². The molecule has 6 nitrogen and oxygen atoms in total. The summed E-state index contributed by atoms with van der Waals surface area (Å²) >= 11 is 0. The summed E-state index contributed by atoms with van der Waals surface area (Å²) in [6.45, 7) is -0.257. The molecule has 4 heterocycles. The molecule has 86 heavy (non-hydrogen) atoms. The van der Waals surface area contributed by atoms with Crippen LogP contribution in [0.2, 0.25) is 0 Å². The van der Waals surface area contributed by atoms with E-state index in [0.29, 0.717) is 0 Å². The number of hydrogen-bond acceptors (Lipinski definition) is 6. The highest BCUT2D eigenvalue weighted by Crippen LogP contribution is 2.52. The molecule has 0 aromatic heterocycles. The Morgan fingerprint density at radius 3 is 0.965 bits per heavy atom. The number of para-hydroxylation sites is 9. The first-order chi connectivity index (χ1) is 42.7. The maximum absolute atomic E-state index is 2.66. The minimum atomic E-state index is -0.133. The number of rotatable bonds is 10. The summed E-state index contributed by atoms with van der Waals surface area (Å²) in [4.78, 5) is 15.1. The van der Waals surface area contributed by atoms with Crippen molar-refractivity contribution in [2.75, 3.05) is 29.4 Å². The zero-order valence-corrected chi connectivity index (χ0v) is 47.3. The number of benzene rings is 12. The van der Waals surface area contributed by atoms with Gasteiger partial charge in [-0.25, -0.2) is 0 Å². The molecule has 0 spiro atoms. The first-order valence-corrected chi connectivity index (χ1v) is 30.0. The summed E-state index contributed by atoms with van der Waals surface area (Å²) in [7, 11) is 0. The number of hydrogen-bond donors (Lipinski definition) is 0. The van der Waals surface area contributed by atoms with Crippen molar-refractivity contribution in [3.05, 3.63) is 321 Å². The Kier molecular flexibility index (Phi) is 11.8. The van der Waals surface area contributed by atoms with Gasteiger partial charge in [0.25, 0.3) is 13.4 Å². The van der Waals surface area contributed by atoms with E-state index in [1.54, 1.807) is 0 Å². The molecule has 404 valence electrons. The van der Waals surface area contributed by atoms with Gasteiger partial charge in [-0.2, -0.15) is 0 Å². The molecule has 0 unspecified atom stereocenters. The van der Waals surface area contributed by atoms with Crippen molar-refractivity contribution in [2.45, 2.75) is 12.8 Å². The average molecular weight is 1100 g/mol. The van der Waals surface area contributed by atoms with E-state index in [0.717, 1.165) is 81.1 Å². The minimum Gasteiger partial charge on any atom is -0.315 e. The third-order valence-electron chi connectivity index (χ3n) is 17.9. The summed E-state index contributed by atoms with van der Waals surface area (Å²) in [6, 6.07) is 110. The van der Waals surface area contributed by atoms with Crippen LogP contribution in [-0.2, 0) is 0 Å². The van der Waals surface area contributed by atoms with E-state index < -0.39 is 0 Å². The van der Waals surface area contributed by atoms with Crippen LogP contribution in [0.15, 0.2) is 321 Å². The van der Waals surface area contributed by atoms with Gasteiger partial charge in [0.05, 0.1) is 11.4 Å². The molecule has 0 amide bonds. The summed E-state index contributed by atoms with van der Waals surface area (Å²) < 4.78 is 0. The number of nitrogens with zero attached hydrogens (tertiary/aromatic N) is 6. The SMILES string of the molecule is C1=CCCC(N2c3cc4c(cc3B3c5ccccc5N(c5ccccc5)c5cc(N(c6ccccc6)c6ccccc6)cc2c53)B2c3ccccc3N(c3ccccc3)c3cc(N(c5ccccc5)c5ccccc5)cc(c32)N4c2ccccc2)=C1. The van der Waals surface area contributed by atoms with Crippen LogP contribution in [0.5, 0.6) is 0 Å². The van der Waals surface area contributed by atoms with Gasteiger partial charge in [0.1, 0.15) is 0 Å². The van der Waals surface area contributed by atoms with Crippen LogP contribution in [0.3, 0.4) is 0 Å². The molecule has 0 N–H and O–H groups in total. The second kappa shape index (κ2) is 20.4. The van der Waals surface area contributed by atoms with Gasteiger partial charge in [-0.15, -0.1) is 0 Å². The third-order valence-corrected chi connectivity index (χ3v) is 17.9. The van der Waals surface area contributed by atoms with Crippen LogP contribution >= 0.6 is 0 Å². The molecule has 4 aliphatic heterocycles. The lowest BCUT2D eigenvalue weighted by atomic mass is 9.30. The standard InChI is InChI=1S/C78H56B2N6/c1-9-29-55(30-10-1)81(56-31-11-2-12-32-56)63-49-73-77-75(51-63)85(61-41-21-7-22-42-61)71-54-72-68(53-67(71)79(77)65-45-25-27-47-69(65)83(73)59-37-17-5-18-38-59)80-66-46-26-28-48-70(66)84(60-39-19-6-20-40-60)74-50-64(52-76(78(74)80)86(72)62-43-23-8-24-44-62)82(57-33-13-3-14-34-57)58-35-15-4-16-36-58/h1-23,25-43,45-54H,24,44H2. The maximum Gasteiger partial charge on any atom is 0.252 e. The van der Waals surface area contributed by atoms with Crippen molar-refractivity contribution in [3.63, 3.8) is 0 Å². The van der Waals surface area contributed by atoms with Crippen molar-refractivity contribution < 1.29 is 0 Å². The smallest absolute Gasteiger partial charge is 0.252 e. The van der Waals surface area contributed by atoms with Crippen molar-refractivity contribution in [1.29, 1.82) is 0 Å². The summed E-state index contributed by atoms with van der Waals surface area (Å²) in [5, 5.41) is 0. The Labute approximate surface area is 503 Å². The van der Waals surface area contributed by atoms with E-state index in [4.69, 9.17) is 0 Å². The molecule has 0 bridgehead atoms. The zero-order valence-electron chi connectivity index (χ0n) is 47.3. The van der Waals surface area contributed by atoms with Gasteiger partial charge >= 0.3 is 0 Å². The van der Waals surface area contributed by atoms with E-state index in [9.17, 15) is 0 Å². The van der Waals surface area contributed by atoms with Crippen molar-refractivity contribution in [1.82, 2.24) is 0 Å². The first-order valence-electron chi connectivity index (χ1n) is 30.0. The van der Waals surface area contributed by atoms with Gasteiger partial charge in [-0.3, -0.25) is 0 Å². The van der Waals surface area contributed by atoms with Crippen LogP contribution in [0.4, 0.5) is 96.7 Å². The number of allylic oxidation sites excluding steroid dienone is 4. The van der Waals surface area contributed by atoms with Crippen molar-refractivity contribution >= 4 is 143 Å². The van der Waals surface area contributed by atoms with Gasteiger partial charge in [-0.1, -0.05) is 182 Å². The van der Waals surface area contributed by atoms with Crippen molar-refractivity contribution in [3.8, 4) is 0 Å². The molecule has 5 aliphatic rings.